The highest BCUT2D eigenvalue weighted by Crippen LogP contribution is 2.55. The highest BCUT2D eigenvalue weighted by molar-refractivity contribution is 5.81. The third kappa shape index (κ3) is 5.60. The maximum absolute atomic E-state index is 12.8. The standard InChI is InChI=1S/C27H45N3O4/c1-3-5-7-9-10-12-16-26(15-11-8-6-4-2)19-23(32)28-27(26)17-13-21(14-18-27)30-25(34)22(20-31)24(33)29-30/h20-21,34H,3-19H2,1-2H3,(H,28,32)(H,29,33). The van der Waals surface area contributed by atoms with Gasteiger partial charge in [0.2, 0.25) is 11.8 Å². The smallest absolute Gasteiger partial charge is 0.278 e. The second kappa shape index (κ2) is 12.1. The Morgan fingerprint density at radius 1 is 0.941 bits per heavy atom. The summed E-state index contributed by atoms with van der Waals surface area (Å²) in [4.78, 5) is 36.0. The van der Waals surface area contributed by atoms with E-state index in [4.69, 9.17) is 0 Å². The molecule has 1 saturated heterocycles. The number of H-pyrrole nitrogens is 1. The van der Waals surface area contributed by atoms with Gasteiger partial charge in [-0.2, -0.15) is 0 Å². The number of nitrogens with one attached hydrogen (secondary N) is 2. The van der Waals surface area contributed by atoms with E-state index in [9.17, 15) is 19.5 Å². The molecule has 1 atom stereocenters. The van der Waals surface area contributed by atoms with E-state index in [1.807, 2.05) is 0 Å². The first-order valence-electron chi connectivity index (χ1n) is 13.7. The van der Waals surface area contributed by atoms with Crippen LogP contribution in [0, 0.1) is 5.41 Å². The summed E-state index contributed by atoms with van der Waals surface area (Å²) in [5.74, 6) is -0.0882. The van der Waals surface area contributed by atoms with Crippen LogP contribution in [0.2, 0.25) is 0 Å². The predicted molar refractivity (Wildman–Crippen MR) is 134 cm³/mol. The van der Waals surface area contributed by atoms with E-state index in [0.29, 0.717) is 12.7 Å². The highest BCUT2D eigenvalue weighted by atomic mass is 16.3. The molecule has 1 amide bonds. The first kappa shape index (κ1) is 26.6. The van der Waals surface area contributed by atoms with E-state index in [2.05, 4.69) is 24.3 Å². The van der Waals surface area contributed by atoms with Crippen LogP contribution in [-0.4, -0.2) is 32.6 Å². The van der Waals surface area contributed by atoms with Gasteiger partial charge in [0.1, 0.15) is 5.56 Å². The molecule has 192 valence electrons. The Balaban J connectivity index is 1.74. The van der Waals surface area contributed by atoms with Gasteiger partial charge in [-0.1, -0.05) is 78.1 Å². The third-order valence-electron chi connectivity index (χ3n) is 8.64. The number of aromatic hydroxyl groups is 1. The van der Waals surface area contributed by atoms with Crippen LogP contribution in [-0.2, 0) is 4.79 Å². The van der Waals surface area contributed by atoms with E-state index in [1.165, 1.54) is 62.5 Å². The number of aldehydes is 1. The number of carbonyl (C=O) groups excluding carboxylic acids is 2. The Morgan fingerprint density at radius 2 is 1.50 bits per heavy atom. The summed E-state index contributed by atoms with van der Waals surface area (Å²) < 4.78 is 1.46. The van der Waals surface area contributed by atoms with Crippen LogP contribution in [0.5, 0.6) is 5.88 Å². The number of nitrogens with zero attached hydrogens (tertiary/aromatic N) is 1. The molecule has 0 aromatic carbocycles. The molecule has 7 heteroatoms. The van der Waals surface area contributed by atoms with Crippen molar-refractivity contribution in [2.24, 2.45) is 5.41 Å². The van der Waals surface area contributed by atoms with Crippen LogP contribution in [0.1, 0.15) is 139 Å². The zero-order chi connectivity index (χ0) is 24.6. The van der Waals surface area contributed by atoms with Crippen molar-refractivity contribution >= 4 is 12.2 Å². The summed E-state index contributed by atoms with van der Waals surface area (Å²) in [5, 5.41) is 16.4. The lowest BCUT2D eigenvalue weighted by atomic mass is 9.59. The fraction of sp³-hybridized carbons (Fsp3) is 0.815. The van der Waals surface area contributed by atoms with Crippen molar-refractivity contribution in [3.63, 3.8) is 0 Å². The Bertz CT molecular complexity index is 866. The van der Waals surface area contributed by atoms with E-state index in [1.54, 1.807) is 0 Å². The first-order valence-corrected chi connectivity index (χ1v) is 13.7. The van der Waals surface area contributed by atoms with Gasteiger partial charge in [0.15, 0.2) is 6.29 Å². The van der Waals surface area contributed by atoms with Gasteiger partial charge in [0, 0.05) is 17.4 Å². The van der Waals surface area contributed by atoms with Crippen molar-refractivity contribution in [3.8, 4) is 5.88 Å². The Morgan fingerprint density at radius 3 is 2.06 bits per heavy atom. The molecule has 1 unspecified atom stereocenters. The summed E-state index contributed by atoms with van der Waals surface area (Å²) >= 11 is 0. The van der Waals surface area contributed by atoms with Crippen LogP contribution >= 0.6 is 0 Å². The second-order valence-corrected chi connectivity index (χ2v) is 10.8. The van der Waals surface area contributed by atoms with Crippen molar-refractivity contribution < 1.29 is 14.7 Å². The van der Waals surface area contributed by atoms with Crippen LogP contribution < -0.4 is 10.9 Å². The molecule has 34 heavy (non-hydrogen) atoms. The minimum Gasteiger partial charge on any atom is -0.493 e. The van der Waals surface area contributed by atoms with Gasteiger partial charge in [-0.25, -0.2) is 0 Å². The third-order valence-corrected chi connectivity index (χ3v) is 8.64. The lowest BCUT2D eigenvalue weighted by Crippen LogP contribution is -2.54. The Labute approximate surface area is 204 Å². The van der Waals surface area contributed by atoms with Gasteiger partial charge in [0.25, 0.3) is 5.56 Å². The van der Waals surface area contributed by atoms with Crippen molar-refractivity contribution in [2.45, 2.75) is 135 Å². The zero-order valence-electron chi connectivity index (χ0n) is 21.3. The number of hydrogen-bond donors (Lipinski definition) is 3. The number of unbranched alkanes of at least 4 members (excludes halogenated alkanes) is 8. The largest absolute Gasteiger partial charge is 0.493 e. The zero-order valence-corrected chi connectivity index (χ0v) is 21.3. The van der Waals surface area contributed by atoms with Crippen LogP contribution in [0.15, 0.2) is 4.79 Å². The van der Waals surface area contributed by atoms with E-state index in [0.717, 1.165) is 44.9 Å². The molecular formula is C27H45N3O4. The fourth-order valence-electron chi connectivity index (χ4n) is 6.67. The summed E-state index contributed by atoms with van der Waals surface area (Å²) in [5.41, 5.74) is -0.960. The average molecular weight is 476 g/mol. The molecule has 1 aliphatic heterocycles. The quantitative estimate of drug-likeness (QED) is 0.234. The molecule has 3 rings (SSSR count). The second-order valence-electron chi connectivity index (χ2n) is 10.8. The molecule has 1 aliphatic carbocycles. The molecule has 1 spiro atoms. The lowest BCUT2D eigenvalue weighted by Gasteiger charge is -2.49. The van der Waals surface area contributed by atoms with Gasteiger partial charge in [-0.05, 0) is 38.5 Å². The number of aromatic amines is 1. The maximum atomic E-state index is 12.8. The van der Waals surface area contributed by atoms with Gasteiger partial charge < -0.3 is 10.4 Å². The minimum atomic E-state index is -0.546. The Kier molecular flexibility index (Phi) is 9.43. The maximum Gasteiger partial charge on any atom is 0.278 e. The highest BCUT2D eigenvalue weighted by Gasteiger charge is 2.57. The molecule has 7 nitrogen and oxygen atoms in total. The van der Waals surface area contributed by atoms with E-state index >= 15 is 0 Å². The fourth-order valence-corrected chi connectivity index (χ4v) is 6.67. The lowest BCUT2D eigenvalue weighted by molar-refractivity contribution is -0.120. The molecule has 2 heterocycles. The van der Waals surface area contributed by atoms with E-state index in [-0.39, 0.29) is 34.3 Å². The normalized spacial score (nSPS) is 26.8. The van der Waals surface area contributed by atoms with Crippen molar-refractivity contribution in [1.29, 1.82) is 0 Å². The number of amides is 1. The number of carbonyl (C=O) groups is 2. The number of rotatable bonds is 14. The van der Waals surface area contributed by atoms with E-state index < -0.39 is 5.56 Å². The van der Waals surface area contributed by atoms with Gasteiger partial charge >= 0.3 is 0 Å². The van der Waals surface area contributed by atoms with Crippen LogP contribution in [0.25, 0.3) is 0 Å². The molecule has 0 radical (unpaired) electrons. The summed E-state index contributed by atoms with van der Waals surface area (Å²) in [6.45, 7) is 4.47. The predicted octanol–water partition coefficient (Wildman–Crippen LogP) is 5.78. The topological polar surface area (TPSA) is 104 Å². The molecule has 3 N–H and O–H groups in total. The van der Waals surface area contributed by atoms with Gasteiger partial charge in [0.05, 0.1) is 6.04 Å². The molecule has 2 aliphatic rings. The van der Waals surface area contributed by atoms with Crippen LogP contribution in [0.3, 0.4) is 0 Å². The number of aromatic nitrogens is 2. The van der Waals surface area contributed by atoms with Crippen LogP contribution in [0.4, 0.5) is 0 Å². The number of hydrogen-bond acceptors (Lipinski definition) is 4. The summed E-state index contributed by atoms with van der Waals surface area (Å²) in [6.07, 6.45) is 18.7. The molecule has 1 aromatic rings. The molecule has 1 aromatic heterocycles. The summed E-state index contributed by atoms with van der Waals surface area (Å²) in [7, 11) is 0. The van der Waals surface area contributed by atoms with Crippen molar-refractivity contribution in [2.75, 3.05) is 0 Å². The monoisotopic (exact) mass is 475 g/mol. The van der Waals surface area contributed by atoms with Crippen molar-refractivity contribution in [1.82, 2.24) is 15.1 Å². The van der Waals surface area contributed by atoms with Gasteiger partial charge in [-0.15, -0.1) is 0 Å². The Hall–Kier alpha value is -2.05. The first-order chi connectivity index (χ1) is 16.4. The molecular weight excluding hydrogens is 430 g/mol. The van der Waals surface area contributed by atoms with Crippen molar-refractivity contribution in [3.05, 3.63) is 15.9 Å². The molecule has 2 fully saturated rings. The molecule has 0 bridgehead atoms. The minimum absolute atomic E-state index is 0.00630. The SMILES string of the molecule is CCCCCCCCC1(CCCCCC)CC(=O)NC12CCC(n1[nH]c(=O)c(C=O)c1O)CC2. The molecule has 1 saturated carbocycles. The van der Waals surface area contributed by atoms with Gasteiger partial charge in [-0.3, -0.25) is 24.2 Å². The average Bonchev–Trinajstić information content (AvgIpc) is 3.26. The summed E-state index contributed by atoms with van der Waals surface area (Å²) in [6, 6.07) is -0.0728.